The van der Waals surface area contributed by atoms with Crippen molar-refractivity contribution in [3.63, 3.8) is 0 Å². The Kier molecular flexibility index (Phi) is 6.26. The molecule has 0 radical (unpaired) electrons. The average Bonchev–Trinajstić information content (AvgIpc) is 2.69. The van der Waals surface area contributed by atoms with Gasteiger partial charge in [0.05, 0.1) is 44.7 Å². The highest BCUT2D eigenvalue weighted by atomic mass is 16.5. The molecule has 1 amide bonds. The quantitative estimate of drug-likeness (QED) is 0.810. The maximum absolute atomic E-state index is 12.4. The zero-order valence-electron chi connectivity index (χ0n) is 15.6. The maximum atomic E-state index is 12.4. The number of rotatable bonds is 6. The number of nitrogens with zero attached hydrogens (tertiary/aromatic N) is 2. The normalized spacial score (nSPS) is 15.3. The van der Waals surface area contributed by atoms with Crippen LogP contribution in [0, 0.1) is 0 Å². The molecule has 2 heterocycles. The van der Waals surface area contributed by atoms with Crippen molar-refractivity contribution in [1.82, 2.24) is 4.98 Å². The highest BCUT2D eigenvalue weighted by Gasteiger charge is 2.14. The van der Waals surface area contributed by atoms with Crippen molar-refractivity contribution in [2.75, 3.05) is 43.6 Å². The lowest BCUT2D eigenvalue weighted by molar-refractivity contribution is -0.115. The molecule has 7 nitrogen and oxygen atoms in total. The van der Waals surface area contributed by atoms with Crippen LogP contribution in [-0.4, -0.2) is 49.4 Å². The highest BCUT2D eigenvalue weighted by molar-refractivity contribution is 5.92. The lowest BCUT2D eigenvalue weighted by atomic mass is 10.0. The first-order valence-corrected chi connectivity index (χ1v) is 9.00. The number of morpholine rings is 1. The summed E-state index contributed by atoms with van der Waals surface area (Å²) in [7, 11) is 1.56. The number of aliphatic hydroxyl groups excluding tert-OH is 1. The molecule has 1 aromatic carbocycles. The van der Waals surface area contributed by atoms with E-state index in [9.17, 15) is 9.90 Å². The van der Waals surface area contributed by atoms with Crippen LogP contribution in [0.1, 0.15) is 24.2 Å². The number of anilines is 2. The maximum Gasteiger partial charge on any atom is 0.228 e. The summed E-state index contributed by atoms with van der Waals surface area (Å²) in [5, 5.41) is 12.6. The number of hydrogen-bond donors (Lipinski definition) is 2. The van der Waals surface area contributed by atoms with Crippen LogP contribution >= 0.6 is 0 Å². The molecule has 3 rings (SSSR count). The van der Waals surface area contributed by atoms with Gasteiger partial charge in [-0.25, -0.2) is 4.98 Å². The SMILES string of the molecule is COc1ccc(C(C)O)cc1CC(=O)Nc1ccc(N2CCOCC2)nc1. The zero-order valence-corrected chi connectivity index (χ0v) is 15.6. The molecule has 7 heteroatoms. The molecular formula is C20H25N3O4. The molecule has 1 saturated heterocycles. The fraction of sp³-hybridized carbons (Fsp3) is 0.400. The van der Waals surface area contributed by atoms with Gasteiger partial charge in [0.1, 0.15) is 11.6 Å². The lowest BCUT2D eigenvalue weighted by Crippen LogP contribution is -2.36. The molecule has 1 unspecified atom stereocenters. The van der Waals surface area contributed by atoms with Gasteiger partial charge >= 0.3 is 0 Å². The Hall–Kier alpha value is -2.64. The van der Waals surface area contributed by atoms with Gasteiger partial charge in [-0.15, -0.1) is 0 Å². The number of carbonyl (C=O) groups excluding carboxylic acids is 1. The van der Waals surface area contributed by atoms with E-state index in [1.54, 1.807) is 38.4 Å². The Balaban J connectivity index is 1.64. The van der Waals surface area contributed by atoms with Gasteiger partial charge in [-0.2, -0.15) is 0 Å². The van der Waals surface area contributed by atoms with Crippen LogP contribution in [0.5, 0.6) is 5.75 Å². The number of aliphatic hydroxyl groups is 1. The first-order chi connectivity index (χ1) is 13.1. The van der Waals surface area contributed by atoms with E-state index in [1.807, 2.05) is 12.1 Å². The van der Waals surface area contributed by atoms with Crippen LogP contribution in [-0.2, 0) is 16.0 Å². The molecule has 2 N–H and O–H groups in total. The molecule has 144 valence electrons. The Morgan fingerprint density at radius 2 is 2.11 bits per heavy atom. The summed E-state index contributed by atoms with van der Waals surface area (Å²) in [6, 6.07) is 9.10. The lowest BCUT2D eigenvalue weighted by Gasteiger charge is -2.27. The van der Waals surface area contributed by atoms with Crippen molar-refractivity contribution in [3.8, 4) is 5.75 Å². The number of methoxy groups -OCH3 is 1. The third-order valence-electron chi connectivity index (χ3n) is 4.50. The number of aromatic nitrogens is 1. The van der Waals surface area contributed by atoms with E-state index in [2.05, 4.69) is 15.2 Å². The topological polar surface area (TPSA) is 83.9 Å². The van der Waals surface area contributed by atoms with Crippen LogP contribution in [0.4, 0.5) is 11.5 Å². The monoisotopic (exact) mass is 371 g/mol. The van der Waals surface area contributed by atoms with Gasteiger partial charge in [0.25, 0.3) is 0 Å². The summed E-state index contributed by atoms with van der Waals surface area (Å²) in [5.74, 6) is 1.33. The second-order valence-corrected chi connectivity index (χ2v) is 6.48. The third-order valence-corrected chi connectivity index (χ3v) is 4.50. The third kappa shape index (κ3) is 4.96. The van der Waals surface area contributed by atoms with Gasteiger partial charge in [-0.3, -0.25) is 4.79 Å². The number of nitrogens with one attached hydrogen (secondary N) is 1. The molecule has 2 aromatic rings. The molecular weight excluding hydrogens is 346 g/mol. The summed E-state index contributed by atoms with van der Waals surface area (Å²) in [4.78, 5) is 19.0. The Bertz CT molecular complexity index is 771. The van der Waals surface area contributed by atoms with Crippen molar-refractivity contribution >= 4 is 17.4 Å². The van der Waals surface area contributed by atoms with Crippen LogP contribution < -0.4 is 15.0 Å². The minimum atomic E-state index is -0.602. The largest absolute Gasteiger partial charge is 0.496 e. The van der Waals surface area contributed by atoms with Crippen LogP contribution in [0.15, 0.2) is 36.5 Å². The van der Waals surface area contributed by atoms with E-state index >= 15 is 0 Å². The van der Waals surface area contributed by atoms with Crippen LogP contribution in [0.3, 0.4) is 0 Å². The molecule has 1 aliphatic heterocycles. The predicted molar refractivity (Wildman–Crippen MR) is 103 cm³/mol. The average molecular weight is 371 g/mol. The van der Waals surface area contributed by atoms with E-state index in [1.165, 1.54) is 0 Å². The standard InChI is InChI=1S/C20H25N3O4/c1-14(24)15-3-5-18(26-2)16(11-15)12-20(25)22-17-4-6-19(21-13-17)23-7-9-27-10-8-23/h3-6,11,13-14,24H,7-10,12H2,1-2H3,(H,22,25). The highest BCUT2D eigenvalue weighted by Crippen LogP contribution is 2.24. The second-order valence-electron chi connectivity index (χ2n) is 6.48. The molecule has 1 atom stereocenters. The Labute approximate surface area is 158 Å². The summed E-state index contributed by atoms with van der Waals surface area (Å²) in [6.45, 7) is 4.73. The number of benzene rings is 1. The summed E-state index contributed by atoms with van der Waals surface area (Å²) in [6.07, 6.45) is 1.20. The van der Waals surface area contributed by atoms with E-state index < -0.39 is 6.10 Å². The number of amides is 1. The van der Waals surface area contributed by atoms with Crippen molar-refractivity contribution in [2.45, 2.75) is 19.4 Å². The van der Waals surface area contributed by atoms with Gasteiger partial charge < -0.3 is 24.8 Å². The van der Waals surface area contributed by atoms with Gasteiger partial charge in [0.15, 0.2) is 0 Å². The first-order valence-electron chi connectivity index (χ1n) is 9.00. The van der Waals surface area contributed by atoms with Crippen molar-refractivity contribution in [1.29, 1.82) is 0 Å². The Morgan fingerprint density at radius 1 is 1.33 bits per heavy atom. The predicted octanol–water partition coefficient (Wildman–Crippen LogP) is 2.16. The zero-order chi connectivity index (χ0) is 19.2. The van der Waals surface area contributed by atoms with E-state index in [0.717, 1.165) is 30.0 Å². The molecule has 1 fully saturated rings. The molecule has 0 saturated carbocycles. The number of carbonyl (C=O) groups is 1. The minimum Gasteiger partial charge on any atom is -0.496 e. The number of ether oxygens (including phenoxy) is 2. The smallest absolute Gasteiger partial charge is 0.228 e. The van der Waals surface area contributed by atoms with Crippen LogP contribution in [0.2, 0.25) is 0 Å². The fourth-order valence-corrected chi connectivity index (χ4v) is 3.01. The van der Waals surface area contributed by atoms with E-state index in [4.69, 9.17) is 9.47 Å². The molecule has 0 aliphatic carbocycles. The van der Waals surface area contributed by atoms with E-state index in [-0.39, 0.29) is 12.3 Å². The van der Waals surface area contributed by atoms with Crippen molar-refractivity contribution < 1.29 is 19.4 Å². The molecule has 1 aliphatic rings. The van der Waals surface area contributed by atoms with Crippen molar-refractivity contribution in [2.24, 2.45) is 0 Å². The van der Waals surface area contributed by atoms with Gasteiger partial charge in [0.2, 0.25) is 5.91 Å². The Morgan fingerprint density at radius 3 is 2.74 bits per heavy atom. The second kappa shape index (κ2) is 8.83. The summed E-state index contributed by atoms with van der Waals surface area (Å²) >= 11 is 0. The molecule has 1 aromatic heterocycles. The fourth-order valence-electron chi connectivity index (χ4n) is 3.01. The minimum absolute atomic E-state index is 0.148. The van der Waals surface area contributed by atoms with Gasteiger partial charge in [-0.05, 0) is 36.8 Å². The molecule has 0 bridgehead atoms. The summed E-state index contributed by atoms with van der Waals surface area (Å²) < 4.78 is 10.7. The van der Waals surface area contributed by atoms with Crippen molar-refractivity contribution in [3.05, 3.63) is 47.7 Å². The molecule has 27 heavy (non-hydrogen) atoms. The van der Waals surface area contributed by atoms with Gasteiger partial charge in [-0.1, -0.05) is 6.07 Å². The number of pyridine rings is 1. The van der Waals surface area contributed by atoms with Crippen LogP contribution in [0.25, 0.3) is 0 Å². The van der Waals surface area contributed by atoms with E-state index in [0.29, 0.717) is 24.7 Å². The molecule has 0 spiro atoms. The number of hydrogen-bond acceptors (Lipinski definition) is 6. The van der Waals surface area contributed by atoms with Gasteiger partial charge in [0, 0.05) is 18.7 Å². The summed E-state index contributed by atoms with van der Waals surface area (Å²) in [5.41, 5.74) is 2.11. The first kappa shape index (κ1) is 19.1.